The number of carbonyl (C=O) groups is 2. The Hall–Kier alpha value is -3.75. The normalized spacial score (nSPS) is 13.2. The summed E-state index contributed by atoms with van der Waals surface area (Å²) in [4.78, 5) is 44.4. The van der Waals surface area contributed by atoms with Crippen LogP contribution in [0.5, 0.6) is 0 Å². The minimum Gasteiger partial charge on any atom is -0.295 e. The van der Waals surface area contributed by atoms with Gasteiger partial charge in [0.2, 0.25) is 0 Å². The van der Waals surface area contributed by atoms with E-state index in [1.54, 1.807) is 49.4 Å². The van der Waals surface area contributed by atoms with Gasteiger partial charge in [0.15, 0.2) is 0 Å². The van der Waals surface area contributed by atoms with Crippen LogP contribution in [0.25, 0.3) is 5.69 Å². The summed E-state index contributed by atoms with van der Waals surface area (Å²) in [5, 5.41) is 3.52. The molecule has 174 valence electrons. The van der Waals surface area contributed by atoms with E-state index >= 15 is 0 Å². The van der Waals surface area contributed by atoms with E-state index in [0.29, 0.717) is 44.3 Å². The number of imide groups is 1. The Kier molecular flexibility index (Phi) is 6.00. The topological polar surface area (TPSA) is 87.5 Å². The standard InChI is InChI=1S/C26H18BrClN4O3/c1-15-22(26(35)32(30-15)19-9-6-17(27)7-10-19)13-29-23-11-8-18(28)12-16(23)14-31-24(33)20-4-2-3-5-21(20)25(31)34/h2-13,30H,14H2,1H3. The van der Waals surface area contributed by atoms with Crippen LogP contribution in [0.15, 0.2) is 81.0 Å². The second kappa shape index (κ2) is 9.13. The zero-order chi connectivity index (χ0) is 24.7. The first-order valence-electron chi connectivity index (χ1n) is 10.7. The fourth-order valence-electron chi connectivity index (χ4n) is 3.98. The van der Waals surface area contributed by atoms with Crippen LogP contribution in [0.3, 0.4) is 0 Å². The molecule has 2 amide bonds. The van der Waals surface area contributed by atoms with Crippen LogP contribution in [0.1, 0.15) is 37.5 Å². The van der Waals surface area contributed by atoms with Crippen molar-refractivity contribution in [1.29, 1.82) is 0 Å². The van der Waals surface area contributed by atoms with E-state index in [9.17, 15) is 14.4 Å². The van der Waals surface area contributed by atoms with Gasteiger partial charge >= 0.3 is 0 Å². The van der Waals surface area contributed by atoms with Crippen molar-refractivity contribution < 1.29 is 9.59 Å². The van der Waals surface area contributed by atoms with Gasteiger partial charge in [-0.15, -0.1) is 0 Å². The number of nitrogens with one attached hydrogen (secondary N) is 1. The van der Waals surface area contributed by atoms with Gasteiger partial charge in [0, 0.05) is 21.4 Å². The van der Waals surface area contributed by atoms with Gasteiger partial charge in [-0.25, -0.2) is 4.68 Å². The zero-order valence-electron chi connectivity index (χ0n) is 18.5. The number of amides is 2. The van der Waals surface area contributed by atoms with Crippen molar-refractivity contribution in [2.45, 2.75) is 13.5 Å². The molecule has 0 bridgehead atoms. The predicted molar refractivity (Wildman–Crippen MR) is 138 cm³/mol. The molecule has 0 aliphatic carbocycles. The molecule has 0 unspecified atom stereocenters. The van der Waals surface area contributed by atoms with Crippen LogP contribution in [0.4, 0.5) is 5.69 Å². The highest BCUT2D eigenvalue weighted by molar-refractivity contribution is 9.10. The molecule has 0 atom stereocenters. The summed E-state index contributed by atoms with van der Waals surface area (Å²) in [5.74, 6) is -0.723. The largest absolute Gasteiger partial charge is 0.295 e. The molecule has 3 aromatic carbocycles. The fourth-order valence-corrected chi connectivity index (χ4v) is 4.44. The number of fused-ring (bicyclic) bond motifs is 1. The zero-order valence-corrected chi connectivity index (χ0v) is 20.8. The predicted octanol–water partition coefficient (Wildman–Crippen LogP) is 5.44. The highest BCUT2D eigenvalue weighted by atomic mass is 79.9. The Morgan fingerprint density at radius 1 is 0.971 bits per heavy atom. The lowest BCUT2D eigenvalue weighted by molar-refractivity contribution is 0.0642. The second-order valence-electron chi connectivity index (χ2n) is 8.04. The SMILES string of the molecule is Cc1[nH]n(-c2ccc(Br)cc2)c(=O)c1C=Nc1ccc(Cl)cc1CN1C(=O)c2ccccc2C1=O. The molecule has 9 heteroatoms. The van der Waals surface area contributed by atoms with Crippen molar-refractivity contribution in [3.63, 3.8) is 0 Å². The molecular formula is C26H18BrClN4O3. The molecule has 0 radical (unpaired) electrons. The molecule has 1 N–H and O–H groups in total. The van der Waals surface area contributed by atoms with E-state index in [1.165, 1.54) is 15.8 Å². The smallest absolute Gasteiger partial charge is 0.280 e. The van der Waals surface area contributed by atoms with Gasteiger partial charge in [-0.2, -0.15) is 0 Å². The number of hydrogen-bond donors (Lipinski definition) is 1. The van der Waals surface area contributed by atoms with Crippen molar-refractivity contribution in [3.05, 3.63) is 115 Å². The Morgan fingerprint density at radius 3 is 2.29 bits per heavy atom. The summed E-state index contributed by atoms with van der Waals surface area (Å²) >= 11 is 9.60. The van der Waals surface area contributed by atoms with Crippen molar-refractivity contribution in [2.75, 3.05) is 0 Å². The van der Waals surface area contributed by atoms with Crippen LogP contribution in [0, 0.1) is 6.92 Å². The number of H-pyrrole nitrogens is 1. The maximum Gasteiger partial charge on any atom is 0.280 e. The Bertz CT molecular complexity index is 1540. The summed E-state index contributed by atoms with van der Waals surface area (Å²) in [7, 11) is 0. The summed E-state index contributed by atoms with van der Waals surface area (Å²) < 4.78 is 2.36. The van der Waals surface area contributed by atoms with Crippen molar-refractivity contribution in [2.24, 2.45) is 4.99 Å². The van der Waals surface area contributed by atoms with E-state index in [0.717, 1.165) is 4.47 Å². The lowest BCUT2D eigenvalue weighted by Gasteiger charge is -2.15. The average molecular weight is 550 g/mol. The highest BCUT2D eigenvalue weighted by Crippen LogP contribution is 2.29. The van der Waals surface area contributed by atoms with Crippen LogP contribution in [-0.2, 0) is 6.54 Å². The first-order chi connectivity index (χ1) is 16.8. The first-order valence-corrected chi connectivity index (χ1v) is 11.9. The molecule has 0 saturated heterocycles. The van der Waals surface area contributed by atoms with Gasteiger partial charge in [0.25, 0.3) is 17.4 Å². The highest BCUT2D eigenvalue weighted by Gasteiger charge is 2.35. The maximum absolute atomic E-state index is 13.0. The minimum atomic E-state index is -0.362. The van der Waals surface area contributed by atoms with E-state index in [-0.39, 0.29) is 23.9 Å². The third-order valence-electron chi connectivity index (χ3n) is 5.78. The molecule has 2 heterocycles. The lowest BCUT2D eigenvalue weighted by atomic mass is 10.1. The lowest BCUT2D eigenvalue weighted by Crippen LogP contribution is -2.29. The second-order valence-corrected chi connectivity index (χ2v) is 9.39. The molecule has 1 aromatic heterocycles. The van der Waals surface area contributed by atoms with Gasteiger partial charge in [0.1, 0.15) is 0 Å². The van der Waals surface area contributed by atoms with Gasteiger partial charge < -0.3 is 0 Å². The number of aryl methyl sites for hydroxylation is 1. The van der Waals surface area contributed by atoms with Crippen molar-refractivity contribution in [1.82, 2.24) is 14.7 Å². The maximum atomic E-state index is 13.0. The van der Waals surface area contributed by atoms with Crippen LogP contribution < -0.4 is 5.56 Å². The molecule has 0 spiro atoms. The molecular weight excluding hydrogens is 532 g/mol. The average Bonchev–Trinajstić information content (AvgIpc) is 3.27. The van der Waals surface area contributed by atoms with Gasteiger partial charge in [0.05, 0.1) is 34.6 Å². The number of aromatic amines is 1. The van der Waals surface area contributed by atoms with Crippen LogP contribution in [-0.4, -0.2) is 32.7 Å². The number of carbonyl (C=O) groups excluding carboxylic acids is 2. The molecule has 35 heavy (non-hydrogen) atoms. The number of aromatic nitrogens is 2. The summed E-state index contributed by atoms with van der Waals surface area (Å²) in [6.45, 7) is 1.80. The van der Waals surface area contributed by atoms with Crippen LogP contribution >= 0.6 is 27.5 Å². The Labute approximate surface area is 213 Å². The fraction of sp³-hybridized carbons (Fsp3) is 0.0769. The van der Waals surface area contributed by atoms with E-state index in [1.807, 2.05) is 24.3 Å². The molecule has 5 rings (SSSR count). The Balaban J connectivity index is 1.47. The third-order valence-corrected chi connectivity index (χ3v) is 6.55. The van der Waals surface area contributed by atoms with E-state index < -0.39 is 0 Å². The number of benzene rings is 3. The van der Waals surface area contributed by atoms with Crippen molar-refractivity contribution in [3.8, 4) is 5.69 Å². The van der Waals surface area contributed by atoms with E-state index in [2.05, 4.69) is 26.0 Å². The molecule has 0 saturated carbocycles. The molecule has 1 aliphatic rings. The first kappa shape index (κ1) is 23.0. The monoisotopic (exact) mass is 548 g/mol. The number of rotatable bonds is 5. The number of aliphatic imine (C=N–C) groups is 1. The van der Waals surface area contributed by atoms with Crippen LogP contribution in [0.2, 0.25) is 5.02 Å². The summed E-state index contributed by atoms with van der Waals surface area (Å²) in [5.41, 5.74) is 3.34. The molecule has 4 aromatic rings. The number of halogens is 2. The molecule has 7 nitrogen and oxygen atoms in total. The third kappa shape index (κ3) is 4.26. The number of nitrogens with zero attached hydrogens (tertiary/aromatic N) is 3. The molecule has 0 fully saturated rings. The minimum absolute atomic E-state index is 0.00875. The number of hydrogen-bond acceptors (Lipinski definition) is 4. The summed E-state index contributed by atoms with van der Waals surface area (Å²) in [6.07, 6.45) is 1.48. The van der Waals surface area contributed by atoms with Crippen molar-refractivity contribution >= 4 is 51.2 Å². The van der Waals surface area contributed by atoms with Gasteiger partial charge in [-0.3, -0.25) is 29.4 Å². The molecule has 1 aliphatic heterocycles. The quantitative estimate of drug-likeness (QED) is 0.266. The summed E-state index contributed by atoms with van der Waals surface area (Å²) in [6, 6.07) is 19.1. The van der Waals surface area contributed by atoms with Gasteiger partial charge in [-0.05, 0) is 67.1 Å². The van der Waals surface area contributed by atoms with E-state index in [4.69, 9.17) is 11.6 Å². The van der Waals surface area contributed by atoms with Gasteiger partial charge in [-0.1, -0.05) is 39.7 Å². The Morgan fingerprint density at radius 2 is 1.63 bits per heavy atom.